The van der Waals surface area contributed by atoms with E-state index in [1.807, 2.05) is 44.3 Å². The Labute approximate surface area is 214 Å². The summed E-state index contributed by atoms with van der Waals surface area (Å²) in [6.45, 7) is 9.15. The molecule has 0 N–H and O–H groups in total. The summed E-state index contributed by atoms with van der Waals surface area (Å²) in [5.41, 5.74) is 5.04. The second-order valence-corrected chi connectivity index (χ2v) is 9.92. The molecule has 0 aliphatic heterocycles. The van der Waals surface area contributed by atoms with Crippen molar-refractivity contribution in [1.82, 2.24) is 4.57 Å². The van der Waals surface area contributed by atoms with Gasteiger partial charge < -0.3 is 18.8 Å². The molecule has 0 fully saturated rings. The first kappa shape index (κ1) is 24.7. The Bertz CT molecular complexity index is 1270. The minimum Gasteiger partial charge on any atom is -0.487 e. The van der Waals surface area contributed by atoms with Crippen LogP contribution in [0, 0.1) is 0 Å². The van der Waals surface area contributed by atoms with Crippen LogP contribution in [0.25, 0.3) is 10.9 Å². The zero-order chi connectivity index (χ0) is 24.6. The van der Waals surface area contributed by atoms with Crippen LogP contribution in [0.5, 0.6) is 11.5 Å². The monoisotopic (exact) mass is 574 g/mol. The fourth-order valence-electron chi connectivity index (χ4n) is 4.82. The molecular formula is C27H31IN2O4. The number of carbonyl (C=O) groups excluding carboxylic acids is 1. The molecule has 2 aromatic carbocycles. The van der Waals surface area contributed by atoms with Crippen LogP contribution in [-0.4, -0.2) is 50.0 Å². The Hall–Kier alpha value is -2.39. The van der Waals surface area contributed by atoms with E-state index in [1.54, 1.807) is 14.2 Å². The van der Waals surface area contributed by atoms with Crippen LogP contribution < -0.4 is 9.47 Å². The summed E-state index contributed by atoms with van der Waals surface area (Å²) in [7, 11) is 3.41. The standard InChI is InChI=1S/C27H31IN2O4/c1-16(2)34-23-12-19-20(13-22(23)33-10-9-32-6)27(3,4)26-24(25(19)31)18-8-7-17(14-29-5)11-21(18)30(26)15-28/h7-8,11-14,16H,9-10,15H2,1-6H3. The van der Waals surface area contributed by atoms with Gasteiger partial charge in [-0.1, -0.05) is 48.6 Å². The quantitative estimate of drug-likeness (QED) is 0.149. The van der Waals surface area contributed by atoms with Crippen LogP contribution in [0.1, 0.15) is 60.4 Å². The van der Waals surface area contributed by atoms with Gasteiger partial charge in [0.15, 0.2) is 17.3 Å². The van der Waals surface area contributed by atoms with Crippen molar-refractivity contribution in [1.29, 1.82) is 0 Å². The lowest BCUT2D eigenvalue weighted by Crippen LogP contribution is -2.32. The van der Waals surface area contributed by atoms with Crippen molar-refractivity contribution in [3.05, 3.63) is 58.3 Å². The number of carbonyl (C=O) groups is 1. The van der Waals surface area contributed by atoms with Gasteiger partial charge in [-0.3, -0.25) is 9.79 Å². The van der Waals surface area contributed by atoms with Crippen molar-refractivity contribution in [2.75, 3.05) is 27.4 Å². The smallest absolute Gasteiger partial charge is 0.195 e. The van der Waals surface area contributed by atoms with E-state index in [0.717, 1.165) is 37.8 Å². The molecule has 6 nitrogen and oxygen atoms in total. The Kier molecular flexibility index (Phi) is 7.05. The van der Waals surface area contributed by atoms with Crippen molar-refractivity contribution in [2.24, 2.45) is 4.99 Å². The van der Waals surface area contributed by atoms with Crippen molar-refractivity contribution in [2.45, 2.75) is 43.8 Å². The maximum Gasteiger partial charge on any atom is 0.195 e. The van der Waals surface area contributed by atoms with Crippen LogP contribution in [0.4, 0.5) is 0 Å². The molecule has 0 radical (unpaired) electrons. The fourth-order valence-corrected chi connectivity index (χ4v) is 5.53. The number of methoxy groups -OCH3 is 1. The normalized spacial score (nSPS) is 14.6. The number of hydrogen-bond donors (Lipinski definition) is 0. The van der Waals surface area contributed by atoms with Gasteiger partial charge in [-0.15, -0.1) is 0 Å². The van der Waals surface area contributed by atoms with E-state index in [4.69, 9.17) is 14.2 Å². The fraction of sp³-hybridized carbons (Fsp3) is 0.407. The van der Waals surface area contributed by atoms with Crippen LogP contribution >= 0.6 is 22.6 Å². The van der Waals surface area contributed by atoms with Crippen LogP contribution in [0.3, 0.4) is 0 Å². The molecule has 0 saturated heterocycles. The maximum atomic E-state index is 14.0. The summed E-state index contributed by atoms with van der Waals surface area (Å²) in [6, 6.07) is 10.0. The number of benzene rings is 2. The minimum absolute atomic E-state index is 0.0203. The Morgan fingerprint density at radius 1 is 1.15 bits per heavy atom. The molecule has 0 saturated carbocycles. The minimum atomic E-state index is -0.419. The van der Waals surface area contributed by atoms with E-state index in [1.165, 1.54) is 0 Å². The molecule has 0 bridgehead atoms. The maximum absolute atomic E-state index is 14.0. The summed E-state index contributed by atoms with van der Waals surface area (Å²) in [6.07, 6.45) is 1.79. The van der Waals surface area contributed by atoms with Crippen molar-refractivity contribution >= 4 is 45.5 Å². The van der Waals surface area contributed by atoms with E-state index in [-0.39, 0.29) is 11.9 Å². The number of rotatable bonds is 8. The molecular weight excluding hydrogens is 543 g/mol. The van der Waals surface area contributed by atoms with Crippen LogP contribution in [0.15, 0.2) is 35.3 Å². The Morgan fingerprint density at radius 3 is 2.56 bits per heavy atom. The van der Waals surface area contributed by atoms with Crippen molar-refractivity contribution in [3.63, 3.8) is 0 Å². The van der Waals surface area contributed by atoms with Gasteiger partial charge in [-0.2, -0.15) is 0 Å². The molecule has 1 heterocycles. The van der Waals surface area contributed by atoms with E-state index >= 15 is 0 Å². The first-order chi connectivity index (χ1) is 16.2. The molecule has 34 heavy (non-hydrogen) atoms. The highest BCUT2D eigenvalue weighted by Gasteiger charge is 2.42. The molecule has 0 spiro atoms. The Morgan fingerprint density at radius 2 is 1.91 bits per heavy atom. The van der Waals surface area contributed by atoms with Gasteiger partial charge in [0.1, 0.15) is 6.61 Å². The van der Waals surface area contributed by atoms with Crippen molar-refractivity contribution in [3.8, 4) is 11.5 Å². The molecule has 0 unspecified atom stereocenters. The highest BCUT2D eigenvalue weighted by molar-refractivity contribution is 14.1. The van der Waals surface area contributed by atoms with Gasteiger partial charge in [0.2, 0.25) is 0 Å². The molecule has 7 heteroatoms. The van der Waals surface area contributed by atoms with Gasteiger partial charge in [-0.25, -0.2) is 0 Å². The predicted octanol–water partition coefficient (Wildman–Crippen LogP) is 5.77. The highest BCUT2D eigenvalue weighted by atomic mass is 127. The zero-order valence-corrected chi connectivity index (χ0v) is 22.7. The van der Waals surface area contributed by atoms with Gasteiger partial charge in [0.25, 0.3) is 0 Å². The van der Waals surface area contributed by atoms with Gasteiger partial charge in [0, 0.05) is 42.4 Å². The number of aliphatic imine (C=N–C) groups is 1. The number of ketones is 1. The third-order valence-electron chi connectivity index (χ3n) is 6.21. The molecule has 0 amide bonds. The summed E-state index contributed by atoms with van der Waals surface area (Å²) >= 11 is 2.37. The predicted molar refractivity (Wildman–Crippen MR) is 145 cm³/mol. The Balaban J connectivity index is 1.97. The van der Waals surface area contributed by atoms with Crippen LogP contribution in [-0.2, 0) is 14.7 Å². The SMILES string of the molecule is CN=Cc1ccc2c3c(n(CI)c2c1)C(C)(C)c1cc(OCCOC)c(OC(C)C)cc1C3=O. The first-order valence-electron chi connectivity index (χ1n) is 11.4. The third-order valence-corrected chi connectivity index (χ3v) is 6.90. The summed E-state index contributed by atoms with van der Waals surface area (Å²) < 4.78 is 20.2. The lowest BCUT2D eigenvalue weighted by atomic mass is 9.71. The molecule has 1 aromatic heterocycles. The molecule has 4 rings (SSSR count). The summed E-state index contributed by atoms with van der Waals surface area (Å²) in [4.78, 5) is 18.2. The zero-order valence-electron chi connectivity index (χ0n) is 20.6. The number of halogens is 1. The van der Waals surface area contributed by atoms with Gasteiger partial charge >= 0.3 is 0 Å². The van der Waals surface area contributed by atoms with E-state index in [9.17, 15) is 4.79 Å². The second kappa shape index (κ2) is 9.70. The number of aromatic nitrogens is 1. The number of nitrogens with zero attached hydrogens (tertiary/aromatic N) is 2. The largest absolute Gasteiger partial charge is 0.487 e. The topological polar surface area (TPSA) is 62.1 Å². The van der Waals surface area contributed by atoms with Crippen LogP contribution in [0.2, 0.25) is 0 Å². The lowest BCUT2D eigenvalue weighted by Gasteiger charge is -2.34. The molecule has 3 aromatic rings. The third kappa shape index (κ3) is 4.13. The number of fused-ring (bicyclic) bond motifs is 4. The molecule has 0 atom stereocenters. The van der Waals surface area contributed by atoms with E-state index < -0.39 is 5.41 Å². The number of alkyl halides is 1. The molecule has 1 aliphatic rings. The van der Waals surface area contributed by atoms with Crippen molar-refractivity contribution < 1.29 is 19.0 Å². The number of hydrogen-bond acceptors (Lipinski definition) is 5. The average Bonchev–Trinajstić information content (AvgIpc) is 3.13. The molecule has 180 valence electrons. The van der Waals surface area contributed by atoms with E-state index in [0.29, 0.717) is 30.3 Å². The van der Waals surface area contributed by atoms with E-state index in [2.05, 4.69) is 52.1 Å². The average molecular weight is 574 g/mol. The lowest BCUT2D eigenvalue weighted by molar-refractivity contribution is 0.103. The summed E-state index contributed by atoms with van der Waals surface area (Å²) in [5.74, 6) is 1.23. The van der Waals surface area contributed by atoms with Gasteiger partial charge in [0.05, 0.1) is 28.3 Å². The molecule has 1 aliphatic carbocycles. The second-order valence-electron chi connectivity index (χ2n) is 9.24. The van der Waals surface area contributed by atoms with Gasteiger partial charge in [-0.05, 0) is 43.2 Å². The summed E-state index contributed by atoms with van der Waals surface area (Å²) in [5, 5.41) is 0.968. The first-order valence-corrected chi connectivity index (χ1v) is 12.9. The highest BCUT2D eigenvalue weighted by Crippen LogP contribution is 2.48. The number of ether oxygens (including phenoxy) is 3.